The molecular weight excluding hydrogens is 138 g/mol. The van der Waals surface area contributed by atoms with Crippen LogP contribution in [0, 0.1) is 5.41 Å². The van der Waals surface area contributed by atoms with E-state index in [2.05, 4.69) is 25.8 Å². The summed E-state index contributed by atoms with van der Waals surface area (Å²) < 4.78 is 1.96. The van der Waals surface area contributed by atoms with Crippen molar-refractivity contribution in [1.82, 2.24) is 9.55 Å². The van der Waals surface area contributed by atoms with E-state index in [9.17, 15) is 0 Å². The molecule has 1 rings (SSSR count). The predicted molar refractivity (Wildman–Crippen MR) is 46.1 cm³/mol. The Morgan fingerprint density at radius 1 is 1.55 bits per heavy atom. The summed E-state index contributed by atoms with van der Waals surface area (Å²) in [6.45, 7) is 7.43. The van der Waals surface area contributed by atoms with E-state index in [-0.39, 0.29) is 5.41 Å². The molecule has 0 aromatic carbocycles. The molecule has 0 aliphatic heterocycles. The van der Waals surface area contributed by atoms with Crippen molar-refractivity contribution >= 4 is 5.95 Å². The van der Waals surface area contributed by atoms with Gasteiger partial charge in [0.1, 0.15) is 0 Å². The third-order valence-electron chi connectivity index (χ3n) is 1.39. The maximum atomic E-state index is 5.60. The fourth-order valence-corrected chi connectivity index (χ4v) is 0.985. The summed E-state index contributed by atoms with van der Waals surface area (Å²) in [5.41, 5.74) is 5.86. The van der Waals surface area contributed by atoms with Crippen molar-refractivity contribution in [3.63, 3.8) is 0 Å². The minimum Gasteiger partial charge on any atom is -0.369 e. The first-order valence-electron chi connectivity index (χ1n) is 3.76. The van der Waals surface area contributed by atoms with Gasteiger partial charge in [-0.3, -0.25) is 0 Å². The third kappa shape index (κ3) is 2.26. The Labute approximate surface area is 67.2 Å². The van der Waals surface area contributed by atoms with Gasteiger partial charge in [0.15, 0.2) is 5.95 Å². The molecule has 0 bridgehead atoms. The van der Waals surface area contributed by atoms with Crippen molar-refractivity contribution in [2.45, 2.75) is 27.3 Å². The molecular formula is C8H15N3. The van der Waals surface area contributed by atoms with Crippen LogP contribution >= 0.6 is 0 Å². The van der Waals surface area contributed by atoms with E-state index in [1.165, 1.54) is 0 Å². The first-order chi connectivity index (χ1) is 4.99. The zero-order valence-electron chi connectivity index (χ0n) is 7.33. The number of nitrogens with two attached hydrogens (primary N) is 1. The molecule has 1 heterocycles. The second-order valence-electron chi connectivity index (χ2n) is 3.97. The summed E-state index contributed by atoms with van der Waals surface area (Å²) in [4.78, 5) is 3.94. The molecule has 1 aromatic heterocycles. The Morgan fingerprint density at radius 3 is 2.55 bits per heavy atom. The van der Waals surface area contributed by atoms with E-state index < -0.39 is 0 Å². The smallest absolute Gasteiger partial charge is 0.200 e. The topological polar surface area (TPSA) is 43.8 Å². The van der Waals surface area contributed by atoms with Crippen LogP contribution in [0.15, 0.2) is 12.4 Å². The molecule has 0 radical (unpaired) electrons. The summed E-state index contributed by atoms with van der Waals surface area (Å²) in [6.07, 6.45) is 3.63. The maximum absolute atomic E-state index is 5.60. The van der Waals surface area contributed by atoms with Crippen molar-refractivity contribution in [3.05, 3.63) is 12.4 Å². The Hall–Kier alpha value is -0.990. The molecule has 1 aromatic rings. The van der Waals surface area contributed by atoms with Gasteiger partial charge in [0.25, 0.3) is 0 Å². The molecule has 0 atom stereocenters. The number of nitrogens with zero attached hydrogens (tertiary/aromatic N) is 2. The lowest BCUT2D eigenvalue weighted by molar-refractivity contribution is 0.346. The van der Waals surface area contributed by atoms with Crippen LogP contribution in [0.3, 0.4) is 0 Å². The van der Waals surface area contributed by atoms with Crippen molar-refractivity contribution in [2.24, 2.45) is 5.41 Å². The summed E-state index contributed by atoms with van der Waals surface area (Å²) in [5.74, 6) is 0.597. The van der Waals surface area contributed by atoms with Crippen LogP contribution in [0.5, 0.6) is 0 Å². The van der Waals surface area contributed by atoms with Crippen LogP contribution in [0.4, 0.5) is 5.95 Å². The number of anilines is 1. The summed E-state index contributed by atoms with van der Waals surface area (Å²) in [7, 11) is 0. The van der Waals surface area contributed by atoms with Crippen molar-refractivity contribution in [2.75, 3.05) is 5.73 Å². The normalized spacial score (nSPS) is 11.9. The average Bonchev–Trinajstić information content (AvgIpc) is 2.12. The van der Waals surface area contributed by atoms with E-state index >= 15 is 0 Å². The number of imidazole rings is 1. The quantitative estimate of drug-likeness (QED) is 0.664. The van der Waals surface area contributed by atoms with Gasteiger partial charge in [-0.05, 0) is 5.41 Å². The predicted octanol–water partition coefficient (Wildman–Crippen LogP) is 1.51. The second-order valence-corrected chi connectivity index (χ2v) is 3.97. The molecule has 2 N–H and O–H groups in total. The number of aromatic nitrogens is 2. The molecule has 0 saturated heterocycles. The second kappa shape index (κ2) is 2.57. The largest absolute Gasteiger partial charge is 0.369 e. The molecule has 3 heteroatoms. The van der Waals surface area contributed by atoms with E-state index in [1.807, 2.05) is 10.8 Å². The monoisotopic (exact) mass is 153 g/mol. The van der Waals surface area contributed by atoms with Gasteiger partial charge in [0.05, 0.1) is 0 Å². The van der Waals surface area contributed by atoms with E-state index in [0.717, 1.165) is 6.54 Å². The number of hydrogen-bond acceptors (Lipinski definition) is 2. The average molecular weight is 153 g/mol. The standard InChI is InChI=1S/C8H15N3/c1-8(2,3)6-11-5-4-10-7(11)9/h4-5H,6H2,1-3H3,(H2,9,10). The lowest BCUT2D eigenvalue weighted by Gasteiger charge is -2.19. The van der Waals surface area contributed by atoms with E-state index in [4.69, 9.17) is 5.73 Å². The van der Waals surface area contributed by atoms with Crippen LogP contribution in [0.1, 0.15) is 20.8 Å². The molecule has 0 spiro atoms. The minimum atomic E-state index is 0.259. The lowest BCUT2D eigenvalue weighted by Crippen LogP contribution is -2.16. The number of nitrogen functional groups attached to an aromatic ring is 1. The highest BCUT2D eigenvalue weighted by molar-refractivity contribution is 5.16. The highest BCUT2D eigenvalue weighted by Crippen LogP contribution is 2.17. The molecule has 0 aliphatic rings. The number of rotatable bonds is 1. The Morgan fingerprint density at radius 2 is 2.18 bits per heavy atom. The molecule has 62 valence electrons. The molecule has 0 fully saturated rings. The highest BCUT2D eigenvalue weighted by atomic mass is 15.1. The van der Waals surface area contributed by atoms with Gasteiger partial charge < -0.3 is 10.3 Å². The SMILES string of the molecule is CC(C)(C)Cn1ccnc1N. The van der Waals surface area contributed by atoms with E-state index in [1.54, 1.807) is 6.20 Å². The minimum absolute atomic E-state index is 0.259. The van der Waals surface area contributed by atoms with Crippen LogP contribution in [0.2, 0.25) is 0 Å². The fourth-order valence-electron chi connectivity index (χ4n) is 0.985. The fraction of sp³-hybridized carbons (Fsp3) is 0.625. The summed E-state index contributed by atoms with van der Waals surface area (Å²) in [6, 6.07) is 0. The molecule has 0 saturated carbocycles. The molecule has 0 unspecified atom stereocenters. The van der Waals surface area contributed by atoms with Gasteiger partial charge >= 0.3 is 0 Å². The van der Waals surface area contributed by atoms with Gasteiger partial charge in [-0.15, -0.1) is 0 Å². The van der Waals surface area contributed by atoms with Gasteiger partial charge in [-0.2, -0.15) is 0 Å². The molecule has 0 aliphatic carbocycles. The van der Waals surface area contributed by atoms with Crippen LogP contribution in [-0.4, -0.2) is 9.55 Å². The van der Waals surface area contributed by atoms with Gasteiger partial charge in [0.2, 0.25) is 0 Å². The van der Waals surface area contributed by atoms with Crippen LogP contribution in [0.25, 0.3) is 0 Å². The Kier molecular flexibility index (Phi) is 1.89. The van der Waals surface area contributed by atoms with Crippen molar-refractivity contribution < 1.29 is 0 Å². The van der Waals surface area contributed by atoms with Gasteiger partial charge in [-0.1, -0.05) is 20.8 Å². The Balaban J connectivity index is 2.72. The number of hydrogen-bond donors (Lipinski definition) is 1. The first kappa shape index (κ1) is 8.11. The van der Waals surface area contributed by atoms with Crippen LogP contribution in [-0.2, 0) is 6.54 Å². The summed E-state index contributed by atoms with van der Waals surface area (Å²) in [5, 5.41) is 0. The highest BCUT2D eigenvalue weighted by Gasteiger charge is 2.11. The molecule has 3 nitrogen and oxygen atoms in total. The van der Waals surface area contributed by atoms with Crippen molar-refractivity contribution in [1.29, 1.82) is 0 Å². The van der Waals surface area contributed by atoms with Gasteiger partial charge in [0, 0.05) is 18.9 Å². The van der Waals surface area contributed by atoms with E-state index in [0.29, 0.717) is 5.95 Å². The van der Waals surface area contributed by atoms with Gasteiger partial charge in [-0.25, -0.2) is 4.98 Å². The first-order valence-corrected chi connectivity index (χ1v) is 3.76. The third-order valence-corrected chi connectivity index (χ3v) is 1.39. The summed E-state index contributed by atoms with van der Waals surface area (Å²) >= 11 is 0. The maximum Gasteiger partial charge on any atom is 0.200 e. The van der Waals surface area contributed by atoms with Crippen molar-refractivity contribution in [3.8, 4) is 0 Å². The lowest BCUT2D eigenvalue weighted by atomic mass is 9.97. The molecule has 11 heavy (non-hydrogen) atoms. The zero-order chi connectivity index (χ0) is 8.48. The Bertz CT molecular complexity index is 232. The van der Waals surface area contributed by atoms with Crippen LogP contribution < -0.4 is 5.73 Å². The zero-order valence-corrected chi connectivity index (χ0v) is 7.33. The molecule has 0 amide bonds.